The molecule has 55 valence electrons. The summed E-state index contributed by atoms with van der Waals surface area (Å²) in [6.45, 7) is 1.46. The minimum Gasteiger partial charge on any atom is -0.341 e. The molecule has 2 aromatic rings. The molecule has 0 unspecified atom stereocenters. The minimum atomic E-state index is 0.714. The highest BCUT2D eigenvalue weighted by molar-refractivity contribution is 5.74. The lowest BCUT2D eigenvalue weighted by Gasteiger charge is -1.82. The maximum atomic E-state index is 5.29. The number of para-hydroxylation sites is 2. The Morgan fingerprint density at radius 1 is 1.36 bits per heavy atom. The topological polar surface area (TPSA) is 54.7 Å². The molecular formula is C8H8N3. The second-order valence-corrected chi connectivity index (χ2v) is 2.31. The molecule has 3 heteroatoms. The second-order valence-electron chi connectivity index (χ2n) is 2.31. The van der Waals surface area contributed by atoms with Crippen molar-refractivity contribution in [2.75, 3.05) is 0 Å². The standard InChI is InChI=1S/C8H8N3/c9-5-8-10-6-3-1-2-4-7(6)11-8/h1-5H,9H2,(H,10,11). The first-order chi connectivity index (χ1) is 5.40. The van der Waals surface area contributed by atoms with Crippen LogP contribution >= 0.6 is 0 Å². The van der Waals surface area contributed by atoms with E-state index in [-0.39, 0.29) is 0 Å². The van der Waals surface area contributed by atoms with Gasteiger partial charge in [-0.1, -0.05) is 12.1 Å². The zero-order valence-corrected chi connectivity index (χ0v) is 5.91. The van der Waals surface area contributed by atoms with E-state index >= 15 is 0 Å². The van der Waals surface area contributed by atoms with Crippen LogP contribution in [0.15, 0.2) is 24.3 Å². The zero-order chi connectivity index (χ0) is 7.68. The summed E-state index contributed by atoms with van der Waals surface area (Å²) < 4.78 is 0. The fourth-order valence-corrected chi connectivity index (χ4v) is 1.05. The van der Waals surface area contributed by atoms with Crippen LogP contribution in [-0.2, 0) is 0 Å². The number of nitrogens with one attached hydrogen (secondary N) is 1. The smallest absolute Gasteiger partial charge is 0.126 e. The van der Waals surface area contributed by atoms with Gasteiger partial charge in [-0.2, -0.15) is 0 Å². The van der Waals surface area contributed by atoms with Gasteiger partial charge in [0.1, 0.15) is 5.82 Å². The summed E-state index contributed by atoms with van der Waals surface area (Å²) in [5, 5.41) is 0. The largest absolute Gasteiger partial charge is 0.341 e. The first-order valence-electron chi connectivity index (χ1n) is 3.40. The average Bonchev–Trinajstić information content (AvgIpc) is 2.46. The van der Waals surface area contributed by atoms with Crippen LogP contribution in [0.5, 0.6) is 0 Å². The lowest BCUT2D eigenvalue weighted by atomic mass is 10.3. The van der Waals surface area contributed by atoms with E-state index in [1.165, 1.54) is 6.54 Å². The van der Waals surface area contributed by atoms with Crippen LogP contribution in [0, 0.1) is 6.54 Å². The highest BCUT2D eigenvalue weighted by Gasteiger charge is 1.97. The van der Waals surface area contributed by atoms with Crippen molar-refractivity contribution >= 4 is 11.0 Å². The van der Waals surface area contributed by atoms with Gasteiger partial charge in [-0.25, -0.2) is 4.98 Å². The van der Waals surface area contributed by atoms with E-state index in [0.29, 0.717) is 5.82 Å². The number of nitrogens with zero attached hydrogens (tertiary/aromatic N) is 1. The highest BCUT2D eigenvalue weighted by Crippen LogP contribution is 2.09. The Hall–Kier alpha value is -1.35. The van der Waals surface area contributed by atoms with Crippen molar-refractivity contribution in [1.29, 1.82) is 0 Å². The summed E-state index contributed by atoms with van der Waals surface area (Å²) in [4.78, 5) is 7.25. The molecule has 3 nitrogen and oxygen atoms in total. The molecule has 2 rings (SSSR count). The summed E-state index contributed by atoms with van der Waals surface area (Å²) in [7, 11) is 0. The number of H-pyrrole nitrogens is 1. The molecule has 0 spiro atoms. The van der Waals surface area contributed by atoms with Crippen molar-refractivity contribution in [2.24, 2.45) is 5.73 Å². The molecule has 0 saturated heterocycles. The van der Waals surface area contributed by atoms with Gasteiger partial charge in [0.2, 0.25) is 0 Å². The molecule has 0 atom stereocenters. The summed E-state index contributed by atoms with van der Waals surface area (Å²) in [6, 6.07) is 7.82. The molecule has 0 aliphatic heterocycles. The van der Waals surface area contributed by atoms with E-state index in [0.717, 1.165) is 11.0 Å². The number of imidazole rings is 1. The number of nitrogens with two attached hydrogens (primary N) is 1. The predicted molar refractivity (Wildman–Crippen MR) is 43.7 cm³/mol. The number of aromatic amines is 1. The second kappa shape index (κ2) is 2.36. The molecule has 3 N–H and O–H groups in total. The van der Waals surface area contributed by atoms with Crippen molar-refractivity contribution in [3.63, 3.8) is 0 Å². The number of hydrogen-bond acceptors (Lipinski definition) is 2. The van der Waals surface area contributed by atoms with Gasteiger partial charge in [-0.3, -0.25) is 0 Å². The van der Waals surface area contributed by atoms with E-state index < -0.39 is 0 Å². The van der Waals surface area contributed by atoms with Gasteiger partial charge in [0.15, 0.2) is 0 Å². The van der Waals surface area contributed by atoms with E-state index in [4.69, 9.17) is 5.73 Å². The lowest BCUT2D eigenvalue weighted by Crippen LogP contribution is -1.93. The van der Waals surface area contributed by atoms with Gasteiger partial charge in [0.25, 0.3) is 0 Å². The van der Waals surface area contributed by atoms with Gasteiger partial charge in [-0.05, 0) is 12.1 Å². The van der Waals surface area contributed by atoms with Crippen LogP contribution in [0.4, 0.5) is 0 Å². The number of fused-ring (bicyclic) bond motifs is 1. The Kier molecular flexibility index (Phi) is 1.36. The monoisotopic (exact) mass is 146 g/mol. The third-order valence-corrected chi connectivity index (χ3v) is 1.57. The number of hydrogen-bond donors (Lipinski definition) is 2. The van der Waals surface area contributed by atoms with Crippen LogP contribution in [0.25, 0.3) is 11.0 Å². The molecule has 1 heterocycles. The molecular weight excluding hydrogens is 138 g/mol. The van der Waals surface area contributed by atoms with E-state index in [2.05, 4.69) is 9.97 Å². The third kappa shape index (κ3) is 0.991. The van der Waals surface area contributed by atoms with Gasteiger partial charge in [0, 0.05) is 0 Å². The van der Waals surface area contributed by atoms with E-state index in [9.17, 15) is 0 Å². The Bertz CT molecular complexity index is 331. The highest BCUT2D eigenvalue weighted by atomic mass is 14.9. The Morgan fingerprint density at radius 2 is 2.18 bits per heavy atom. The van der Waals surface area contributed by atoms with Gasteiger partial charge in [-0.15, -0.1) is 0 Å². The molecule has 0 aliphatic carbocycles. The van der Waals surface area contributed by atoms with Crippen molar-refractivity contribution < 1.29 is 0 Å². The molecule has 0 fully saturated rings. The summed E-state index contributed by atoms with van der Waals surface area (Å²) in [5.74, 6) is 0.714. The lowest BCUT2D eigenvalue weighted by molar-refractivity contribution is 1.15. The van der Waals surface area contributed by atoms with Crippen LogP contribution in [-0.4, -0.2) is 9.97 Å². The fraction of sp³-hybridized carbons (Fsp3) is 0. The quantitative estimate of drug-likeness (QED) is 0.631. The maximum absolute atomic E-state index is 5.29. The summed E-state index contributed by atoms with van der Waals surface area (Å²) in [6.07, 6.45) is 0. The van der Waals surface area contributed by atoms with Gasteiger partial charge >= 0.3 is 0 Å². The average molecular weight is 146 g/mol. The van der Waals surface area contributed by atoms with Crippen LogP contribution < -0.4 is 5.73 Å². The van der Waals surface area contributed by atoms with Gasteiger partial charge in [0.05, 0.1) is 17.6 Å². The van der Waals surface area contributed by atoms with Crippen LogP contribution in [0.2, 0.25) is 0 Å². The van der Waals surface area contributed by atoms with Crippen LogP contribution in [0.3, 0.4) is 0 Å². The maximum Gasteiger partial charge on any atom is 0.126 e. The molecule has 11 heavy (non-hydrogen) atoms. The Balaban J connectivity index is 2.69. The summed E-state index contributed by atoms with van der Waals surface area (Å²) >= 11 is 0. The molecule has 0 saturated carbocycles. The minimum absolute atomic E-state index is 0.714. The molecule has 1 radical (unpaired) electrons. The molecule has 0 aliphatic rings. The van der Waals surface area contributed by atoms with Crippen molar-refractivity contribution in [2.45, 2.75) is 0 Å². The number of rotatable bonds is 1. The molecule has 1 aromatic carbocycles. The van der Waals surface area contributed by atoms with E-state index in [1.807, 2.05) is 24.3 Å². The first-order valence-corrected chi connectivity index (χ1v) is 3.40. The summed E-state index contributed by atoms with van der Waals surface area (Å²) in [5.41, 5.74) is 7.26. The molecule has 0 amide bonds. The van der Waals surface area contributed by atoms with Crippen LogP contribution in [0.1, 0.15) is 5.82 Å². The predicted octanol–water partition coefficient (Wildman–Crippen LogP) is 1.03. The van der Waals surface area contributed by atoms with Gasteiger partial charge < -0.3 is 10.7 Å². The molecule has 1 aromatic heterocycles. The Labute approximate surface area is 64.2 Å². The SMILES string of the molecule is N[CH]c1nc2ccccc2[nH]1. The third-order valence-electron chi connectivity index (χ3n) is 1.57. The fourth-order valence-electron chi connectivity index (χ4n) is 1.05. The van der Waals surface area contributed by atoms with Crippen molar-refractivity contribution in [1.82, 2.24) is 9.97 Å². The Morgan fingerprint density at radius 3 is 2.91 bits per heavy atom. The van der Waals surface area contributed by atoms with Crippen molar-refractivity contribution in [3.8, 4) is 0 Å². The molecule has 0 bridgehead atoms. The zero-order valence-electron chi connectivity index (χ0n) is 5.91. The number of benzene rings is 1. The van der Waals surface area contributed by atoms with E-state index in [1.54, 1.807) is 0 Å². The van der Waals surface area contributed by atoms with Crippen molar-refractivity contribution in [3.05, 3.63) is 36.6 Å². The number of aromatic nitrogens is 2. The normalized spacial score (nSPS) is 10.6. The first kappa shape index (κ1) is 6.37.